The summed E-state index contributed by atoms with van der Waals surface area (Å²) in [5.74, 6) is 0.137. The number of aliphatic hydroxyl groups excluding tert-OH is 1. The first-order valence-electron chi connectivity index (χ1n) is 6.78. The second-order valence-corrected chi connectivity index (χ2v) is 5.25. The number of piperidine rings is 1. The lowest BCUT2D eigenvalue weighted by Gasteiger charge is -2.30. The topological polar surface area (TPSA) is 114 Å². The molecule has 0 aromatic carbocycles. The highest BCUT2D eigenvalue weighted by Crippen LogP contribution is 2.10. The molecule has 21 heavy (non-hydrogen) atoms. The molecule has 9 nitrogen and oxygen atoms in total. The number of nitrogens with one attached hydrogen (secondary N) is 1. The standard InChI is InChI=1S/C12H19N5O4/c1-15-6-9(2-3-12(15)19)13-5-11(18)8-16-7-10(4-14-16)17(20)21/h4,7,9,11,13,18H,2-3,5-6,8H2,1H3. The molecule has 9 heteroatoms. The van der Waals surface area contributed by atoms with Gasteiger partial charge in [-0.25, -0.2) is 0 Å². The number of amides is 1. The van der Waals surface area contributed by atoms with Gasteiger partial charge in [0.15, 0.2) is 0 Å². The Hall–Kier alpha value is -2.00. The van der Waals surface area contributed by atoms with Crippen LogP contribution in [0.1, 0.15) is 12.8 Å². The van der Waals surface area contributed by atoms with Gasteiger partial charge in [-0.15, -0.1) is 0 Å². The van der Waals surface area contributed by atoms with E-state index >= 15 is 0 Å². The van der Waals surface area contributed by atoms with Crippen molar-refractivity contribution in [3.05, 3.63) is 22.5 Å². The van der Waals surface area contributed by atoms with Crippen molar-refractivity contribution in [2.75, 3.05) is 20.1 Å². The maximum atomic E-state index is 11.4. The first-order valence-corrected chi connectivity index (χ1v) is 6.78. The first kappa shape index (κ1) is 15.4. The van der Waals surface area contributed by atoms with E-state index in [1.165, 1.54) is 10.9 Å². The van der Waals surface area contributed by atoms with E-state index in [4.69, 9.17) is 0 Å². The van der Waals surface area contributed by atoms with Crippen LogP contribution in [-0.2, 0) is 11.3 Å². The SMILES string of the molecule is CN1CC(NCC(O)Cn2cc([N+](=O)[O-])cn2)CCC1=O. The summed E-state index contributed by atoms with van der Waals surface area (Å²) in [4.78, 5) is 23.0. The van der Waals surface area contributed by atoms with Crippen LogP contribution in [0.3, 0.4) is 0 Å². The second-order valence-electron chi connectivity index (χ2n) is 5.25. The molecule has 2 rings (SSSR count). The zero-order chi connectivity index (χ0) is 15.4. The largest absolute Gasteiger partial charge is 0.390 e. The van der Waals surface area contributed by atoms with Gasteiger partial charge in [-0.2, -0.15) is 5.10 Å². The molecule has 2 unspecified atom stereocenters. The normalized spacial score (nSPS) is 20.6. The molecule has 2 heterocycles. The molecule has 1 aliphatic rings. The summed E-state index contributed by atoms with van der Waals surface area (Å²) in [5, 5.41) is 27.5. The van der Waals surface area contributed by atoms with Crippen LogP contribution < -0.4 is 5.32 Å². The number of hydrogen-bond donors (Lipinski definition) is 2. The van der Waals surface area contributed by atoms with Crippen molar-refractivity contribution < 1.29 is 14.8 Å². The molecule has 0 spiro atoms. The fourth-order valence-corrected chi connectivity index (χ4v) is 2.31. The Morgan fingerprint density at radius 1 is 1.67 bits per heavy atom. The third-order valence-corrected chi connectivity index (χ3v) is 3.50. The third kappa shape index (κ3) is 4.23. The monoisotopic (exact) mass is 297 g/mol. The van der Waals surface area contributed by atoms with Gasteiger partial charge in [0.2, 0.25) is 5.91 Å². The minimum absolute atomic E-state index is 0.0948. The van der Waals surface area contributed by atoms with Crippen molar-refractivity contribution in [1.29, 1.82) is 0 Å². The molecule has 1 aliphatic heterocycles. The molecule has 1 saturated heterocycles. The Kier molecular flexibility index (Phi) is 4.86. The Bertz CT molecular complexity index is 518. The lowest BCUT2D eigenvalue weighted by molar-refractivity contribution is -0.385. The summed E-state index contributed by atoms with van der Waals surface area (Å²) in [6, 6.07) is 0.161. The number of rotatable bonds is 6. The van der Waals surface area contributed by atoms with E-state index in [2.05, 4.69) is 10.4 Å². The number of aliphatic hydroxyl groups is 1. The van der Waals surface area contributed by atoms with E-state index in [-0.39, 0.29) is 24.2 Å². The van der Waals surface area contributed by atoms with Crippen LogP contribution in [0.4, 0.5) is 5.69 Å². The number of hydrogen-bond acceptors (Lipinski definition) is 6. The molecule has 0 radical (unpaired) electrons. The zero-order valence-electron chi connectivity index (χ0n) is 11.8. The third-order valence-electron chi connectivity index (χ3n) is 3.50. The highest BCUT2D eigenvalue weighted by Gasteiger charge is 2.23. The fraction of sp³-hybridized carbons (Fsp3) is 0.667. The predicted octanol–water partition coefficient (Wildman–Crippen LogP) is -0.637. The molecule has 0 saturated carbocycles. The summed E-state index contributed by atoms with van der Waals surface area (Å²) < 4.78 is 1.35. The van der Waals surface area contributed by atoms with Gasteiger partial charge < -0.3 is 15.3 Å². The molecule has 1 aromatic rings. The number of aromatic nitrogens is 2. The lowest BCUT2D eigenvalue weighted by Crippen LogP contribution is -2.48. The van der Waals surface area contributed by atoms with Gasteiger partial charge in [0.1, 0.15) is 12.4 Å². The van der Waals surface area contributed by atoms with Crippen molar-refractivity contribution >= 4 is 11.6 Å². The highest BCUT2D eigenvalue weighted by atomic mass is 16.6. The van der Waals surface area contributed by atoms with Gasteiger partial charge in [0.25, 0.3) is 0 Å². The maximum absolute atomic E-state index is 11.4. The molecule has 0 aliphatic carbocycles. The van der Waals surface area contributed by atoms with Crippen LogP contribution in [0.2, 0.25) is 0 Å². The lowest BCUT2D eigenvalue weighted by atomic mass is 10.1. The van der Waals surface area contributed by atoms with E-state index in [1.54, 1.807) is 11.9 Å². The van der Waals surface area contributed by atoms with Gasteiger partial charge in [-0.05, 0) is 6.42 Å². The summed E-state index contributed by atoms with van der Waals surface area (Å²) in [5.41, 5.74) is -0.0948. The number of carbonyl (C=O) groups is 1. The van der Waals surface area contributed by atoms with Gasteiger partial charge in [-0.1, -0.05) is 0 Å². The average Bonchev–Trinajstić information content (AvgIpc) is 2.89. The first-order chi connectivity index (χ1) is 9.95. The van der Waals surface area contributed by atoms with Crippen LogP contribution in [0, 0.1) is 10.1 Å². The van der Waals surface area contributed by atoms with E-state index in [0.29, 0.717) is 19.5 Å². The van der Waals surface area contributed by atoms with E-state index in [9.17, 15) is 20.0 Å². The molecule has 2 atom stereocenters. The van der Waals surface area contributed by atoms with E-state index < -0.39 is 11.0 Å². The zero-order valence-corrected chi connectivity index (χ0v) is 11.8. The molecule has 2 N–H and O–H groups in total. The molecular weight excluding hydrogens is 278 g/mol. The van der Waals surface area contributed by atoms with E-state index in [1.807, 2.05) is 0 Å². The van der Waals surface area contributed by atoms with Gasteiger partial charge in [0, 0.05) is 32.6 Å². The van der Waals surface area contributed by atoms with Gasteiger partial charge in [-0.3, -0.25) is 19.6 Å². The maximum Gasteiger partial charge on any atom is 0.306 e. The Morgan fingerprint density at radius 2 is 2.43 bits per heavy atom. The molecule has 1 fully saturated rings. The minimum Gasteiger partial charge on any atom is -0.390 e. The van der Waals surface area contributed by atoms with Crippen LogP contribution >= 0.6 is 0 Å². The van der Waals surface area contributed by atoms with Crippen LogP contribution in [0.25, 0.3) is 0 Å². The number of nitrogens with zero attached hydrogens (tertiary/aromatic N) is 4. The van der Waals surface area contributed by atoms with Crippen LogP contribution in [0.5, 0.6) is 0 Å². The number of likely N-dealkylation sites (N-methyl/N-ethyl adjacent to an activating group) is 1. The summed E-state index contributed by atoms with van der Waals surface area (Å²) in [6.45, 7) is 1.15. The van der Waals surface area contributed by atoms with Crippen molar-refractivity contribution in [3.63, 3.8) is 0 Å². The number of carbonyl (C=O) groups excluding carboxylic acids is 1. The van der Waals surface area contributed by atoms with E-state index in [0.717, 1.165) is 12.6 Å². The number of nitro groups is 1. The summed E-state index contributed by atoms with van der Waals surface area (Å²) >= 11 is 0. The Balaban J connectivity index is 1.75. The summed E-state index contributed by atoms with van der Waals surface area (Å²) in [6.07, 6.45) is 3.00. The van der Waals surface area contributed by atoms with Crippen molar-refractivity contribution in [2.24, 2.45) is 0 Å². The Labute approximate surface area is 121 Å². The Morgan fingerprint density at radius 3 is 3.05 bits per heavy atom. The van der Waals surface area contributed by atoms with Crippen molar-refractivity contribution in [3.8, 4) is 0 Å². The van der Waals surface area contributed by atoms with Gasteiger partial charge in [0.05, 0.1) is 17.6 Å². The van der Waals surface area contributed by atoms with Crippen molar-refractivity contribution in [1.82, 2.24) is 20.0 Å². The smallest absolute Gasteiger partial charge is 0.306 e. The number of likely N-dealkylation sites (tertiary alicyclic amines) is 1. The highest BCUT2D eigenvalue weighted by molar-refractivity contribution is 5.76. The minimum atomic E-state index is -0.701. The molecule has 1 aromatic heterocycles. The quantitative estimate of drug-likeness (QED) is 0.533. The molecule has 1 amide bonds. The molecular formula is C12H19N5O4. The molecule has 0 bridgehead atoms. The fourth-order valence-electron chi connectivity index (χ4n) is 2.31. The predicted molar refractivity (Wildman–Crippen MR) is 73.5 cm³/mol. The second kappa shape index (κ2) is 6.64. The van der Waals surface area contributed by atoms with Crippen molar-refractivity contribution in [2.45, 2.75) is 31.5 Å². The summed E-state index contributed by atoms with van der Waals surface area (Å²) in [7, 11) is 1.76. The average molecular weight is 297 g/mol. The van der Waals surface area contributed by atoms with Crippen LogP contribution in [0.15, 0.2) is 12.4 Å². The van der Waals surface area contributed by atoms with Crippen LogP contribution in [-0.4, -0.2) is 62.9 Å². The van der Waals surface area contributed by atoms with Gasteiger partial charge >= 0.3 is 5.69 Å². The molecule has 116 valence electrons.